The van der Waals surface area contributed by atoms with Gasteiger partial charge in [0.05, 0.1) is 5.57 Å². The van der Waals surface area contributed by atoms with E-state index in [2.05, 4.69) is 52.0 Å². The highest BCUT2D eigenvalue weighted by Crippen LogP contribution is 2.44. The van der Waals surface area contributed by atoms with Gasteiger partial charge in [0.2, 0.25) is 0 Å². The van der Waals surface area contributed by atoms with Crippen molar-refractivity contribution >= 4 is 55.7 Å². The van der Waals surface area contributed by atoms with Gasteiger partial charge in [-0.15, -0.1) is 0 Å². The largest absolute Gasteiger partial charge is 0.737 e. The zero-order valence-electron chi connectivity index (χ0n) is 23.2. The molecule has 0 fully saturated rings. The van der Waals surface area contributed by atoms with E-state index in [0.717, 1.165) is 59.4 Å². The van der Waals surface area contributed by atoms with Crippen LogP contribution in [0.25, 0.3) is 27.1 Å². The number of nitrogens with zero attached hydrogens (tertiary/aromatic N) is 2. The lowest BCUT2D eigenvalue weighted by atomic mass is 9.83. The lowest BCUT2D eigenvalue weighted by molar-refractivity contribution is -0.363. The molecule has 7 rings (SSSR count). The van der Waals surface area contributed by atoms with E-state index in [9.17, 15) is 0 Å². The summed E-state index contributed by atoms with van der Waals surface area (Å²) in [5, 5.41) is 4.45. The Kier molecular flexibility index (Phi) is 5.75. The molecular formula is C35H26BBrF2N2. The van der Waals surface area contributed by atoms with Gasteiger partial charge in [-0.25, -0.2) is 0 Å². The van der Waals surface area contributed by atoms with Crippen molar-refractivity contribution in [3.8, 4) is 11.8 Å². The summed E-state index contributed by atoms with van der Waals surface area (Å²) >= 11 is 3.80. The third kappa shape index (κ3) is 3.72. The molecule has 0 N–H and O–H groups in total. The highest BCUT2D eigenvalue weighted by atomic mass is 79.9. The first-order chi connectivity index (χ1) is 19.7. The Hall–Kier alpha value is -4.21. The summed E-state index contributed by atoms with van der Waals surface area (Å²) in [4.78, 5) is 0. The molecule has 0 radical (unpaired) electrons. The van der Waals surface area contributed by atoms with Gasteiger partial charge >= 0.3 is 6.97 Å². The summed E-state index contributed by atoms with van der Waals surface area (Å²) in [7, 11) is 0. The van der Waals surface area contributed by atoms with E-state index in [1.54, 1.807) is 13.8 Å². The first kappa shape index (κ1) is 25.7. The standard InChI is InChI=1S/C35H26BBrF2N2/c1-21-19-23(3)40-34(21)32(35-22(2)20-24(4)41(35)36(40,38)39)26-16-13-25(14-17-26)15-18-29-27-9-5-7-11-30(27)33(37)31-12-8-6-10-28(29)31/h5-14,16-17,19-20H,1-4H3. The van der Waals surface area contributed by atoms with Crippen LogP contribution in [0.5, 0.6) is 0 Å². The van der Waals surface area contributed by atoms with Crippen LogP contribution in [0.4, 0.5) is 8.63 Å². The number of halogens is 3. The van der Waals surface area contributed by atoms with E-state index >= 15 is 8.63 Å². The third-order valence-electron chi connectivity index (χ3n) is 8.31. The van der Waals surface area contributed by atoms with Gasteiger partial charge in [0.15, 0.2) is 5.70 Å². The fourth-order valence-corrected chi connectivity index (χ4v) is 7.33. The fraction of sp³-hybridized carbons (Fsp3) is 0.114. The van der Waals surface area contributed by atoms with E-state index in [1.807, 2.05) is 74.5 Å². The van der Waals surface area contributed by atoms with Crippen LogP contribution in [0.2, 0.25) is 0 Å². The number of hydrogen-bond donors (Lipinski definition) is 0. The normalized spacial score (nSPS) is 15.6. The molecule has 0 bridgehead atoms. The topological polar surface area (TPSA) is 7.94 Å². The van der Waals surface area contributed by atoms with Gasteiger partial charge in [0, 0.05) is 39.9 Å². The smallest absolute Gasteiger partial charge is 0.393 e. The molecule has 6 heteroatoms. The molecule has 2 aliphatic heterocycles. The number of hydrogen-bond acceptors (Lipinski definition) is 0. The van der Waals surface area contributed by atoms with Crippen LogP contribution in [0.1, 0.15) is 47.5 Å². The fourth-order valence-electron chi connectivity index (χ4n) is 6.64. The van der Waals surface area contributed by atoms with E-state index in [0.29, 0.717) is 22.8 Å². The van der Waals surface area contributed by atoms with Crippen molar-refractivity contribution in [3.63, 3.8) is 0 Å². The van der Waals surface area contributed by atoms with Crippen LogP contribution in [0.15, 0.2) is 101 Å². The lowest BCUT2D eigenvalue weighted by Gasteiger charge is -2.34. The minimum Gasteiger partial charge on any atom is -0.393 e. The molecule has 0 aliphatic carbocycles. The Morgan fingerprint density at radius 1 is 0.780 bits per heavy atom. The maximum atomic E-state index is 16.0. The zero-order chi connectivity index (χ0) is 28.6. The number of aryl methyl sites for hydroxylation is 2. The lowest BCUT2D eigenvalue weighted by Crippen LogP contribution is -2.51. The van der Waals surface area contributed by atoms with Gasteiger partial charge in [-0.3, -0.25) is 0 Å². The minimum atomic E-state index is -3.99. The second-order valence-corrected chi connectivity index (χ2v) is 11.7. The van der Waals surface area contributed by atoms with Gasteiger partial charge in [0.25, 0.3) is 0 Å². The molecule has 2 nitrogen and oxygen atoms in total. The molecular weight excluding hydrogens is 577 g/mol. The molecule has 0 amide bonds. The molecule has 200 valence electrons. The van der Waals surface area contributed by atoms with Crippen LogP contribution < -0.4 is 0 Å². The monoisotopic (exact) mass is 602 g/mol. The molecule has 1 aromatic heterocycles. The van der Waals surface area contributed by atoms with Gasteiger partial charge in [-0.1, -0.05) is 72.5 Å². The summed E-state index contributed by atoms with van der Waals surface area (Å²) in [6.45, 7) is 3.35. The highest BCUT2D eigenvalue weighted by Gasteiger charge is 2.55. The van der Waals surface area contributed by atoms with Crippen LogP contribution in [-0.4, -0.2) is 21.6 Å². The molecule has 41 heavy (non-hydrogen) atoms. The van der Waals surface area contributed by atoms with Gasteiger partial charge in [0.1, 0.15) is 5.71 Å². The quantitative estimate of drug-likeness (QED) is 0.103. The molecule has 0 atom stereocenters. The average molecular weight is 603 g/mol. The SMILES string of the molecule is CC1=CC(C)=[N+]2C1=C(c1ccc(C#Cc3c4ccccc4c(Br)c4ccccc34)cc1)c1c(C)cc(C)n1[B-]2(F)F. The molecule has 4 aromatic carbocycles. The van der Waals surface area contributed by atoms with Crippen molar-refractivity contribution < 1.29 is 13.1 Å². The van der Waals surface area contributed by atoms with Gasteiger partial charge in [-0.05, 0) is 93.3 Å². The minimum absolute atomic E-state index is 0.563. The third-order valence-corrected chi connectivity index (χ3v) is 9.16. The van der Waals surface area contributed by atoms with Crippen LogP contribution in [0, 0.1) is 25.7 Å². The van der Waals surface area contributed by atoms with Crippen LogP contribution in [0.3, 0.4) is 0 Å². The number of allylic oxidation sites excluding steroid dienone is 2. The summed E-state index contributed by atoms with van der Waals surface area (Å²) in [6, 6.07) is 26.4. The van der Waals surface area contributed by atoms with Gasteiger partial charge < -0.3 is 17.6 Å². The van der Waals surface area contributed by atoms with Crippen molar-refractivity contribution in [1.82, 2.24) is 4.48 Å². The number of benzene rings is 4. The zero-order valence-corrected chi connectivity index (χ0v) is 24.8. The van der Waals surface area contributed by atoms with E-state index < -0.39 is 6.97 Å². The summed E-state index contributed by atoms with van der Waals surface area (Å²) in [5.41, 5.74) is 7.58. The Morgan fingerprint density at radius 3 is 1.98 bits per heavy atom. The molecule has 5 aromatic rings. The number of aromatic nitrogens is 1. The first-order valence-corrected chi connectivity index (χ1v) is 14.5. The van der Waals surface area contributed by atoms with Crippen molar-refractivity contribution in [1.29, 1.82) is 0 Å². The average Bonchev–Trinajstić information content (AvgIpc) is 3.44. The second-order valence-electron chi connectivity index (χ2n) is 10.9. The van der Waals surface area contributed by atoms with Crippen molar-refractivity contribution in [2.45, 2.75) is 27.7 Å². The predicted molar refractivity (Wildman–Crippen MR) is 170 cm³/mol. The molecule has 3 heterocycles. The number of rotatable bonds is 1. The Morgan fingerprint density at radius 2 is 1.37 bits per heavy atom. The predicted octanol–water partition coefficient (Wildman–Crippen LogP) is 9.00. The van der Waals surface area contributed by atoms with Crippen LogP contribution in [-0.2, 0) is 0 Å². The number of fused-ring (bicyclic) bond motifs is 4. The summed E-state index contributed by atoms with van der Waals surface area (Å²) in [5.74, 6) is 6.83. The van der Waals surface area contributed by atoms with Gasteiger partial charge in [-0.2, -0.15) is 0 Å². The molecule has 0 saturated heterocycles. The van der Waals surface area contributed by atoms with Crippen molar-refractivity contribution in [2.24, 2.45) is 0 Å². The van der Waals surface area contributed by atoms with Crippen molar-refractivity contribution in [3.05, 3.63) is 134 Å². The van der Waals surface area contributed by atoms with E-state index in [4.69, 9.17) is 0 Å². The molecule has 2 aliphatic rings. The van der Waals surface area contributed by atoms with E-state index in [-0.39, 0.29) is 0 Å². The van der Waals surface area contributed by atoms with Crippen LogP contribution >= 0.6 is 15.9 Å². The molecule has 0 saturated carbocycles. The Bertz CT molecular complexity index is 2060. The van der Waals surface area contributed by atoms with E-state index in [1.165, 1.54) is 8.96 Å². The second kappa shape index (κ2) is 9.16. The maximum Gasteiger partial charge on any atom is 0.737 e. The Labute approximate surface area is 246 Å². The summed E-state index contributed by atoms with van der Waals surface area (Å²) in [6.07, 6.45) is 1.86. The summed E-state index contributed by atoms with van der Waals surface area (Å²) < 4.78 is 35.5. The highest BCUT2D eigenvalue weighted by molar-refractivity contribution is 9.10. The molecule has 0 unspecified atom stereocenters. The molecule has 0 spiro atoms. The van der Waals surface area contributed by atoms with Crippen molar-refractivity contribution in [2.75, 3.05) is 0 Å². The maximum absolute atomic E-state index is 16.0. The Balaban J connectivity index is 1.38. The first-order valence-electron chi connectivity index (χ1n) is 13.7.